The molecular formula is C14H17NO2. The van der Waals surface area contributed by atoms with Crippen molar-refractivity contribution in [1.82, 2.24) is 0 Å². The number of carbonyl (C=O) groups is 1. The number of nitrogens with two attached hydrogens (primary N) is 1. The topological polar surface area (TPSA) is 63.3 Å². The van der Waals surface area contributed by atoms with Gasteiger partial charge in [-0.05, 0) is 48.3 Å². The Kier molecular flexibility index (Phi) is 2.26. The molecule has 1 unspecified atom stereocenters. The average Bonchev–Trinajstić information content (AvgIpc) is 2.27. The first kappa shape index (κ1) is 10.8. The number of hydrogen-bond acceptors (Lipinski definition) is 2. The maximum atomic E-state index is 11.3. The summed E-state index contributed by atoms with van der Waals surface area (Å²) in [5.41, 5.74) is 8.88. The summed E-state index contributed by atoms with van der Waals surface area (Å²) in [4.78, 5) is 11.3. The van der Waals surface area contributed by atoms with E-state index in [1.54, 1.807) is 6.07 Å². The Hall–Kier alpha value is -1.35. The number of fused-ring (bicyclic) bond motifs is 2. The fraction of sp³-hybridized carbons (Fsp3) is 0.500. The predicted octanol–water partition coefficient (Wildman–Crippen LogP) is 2.60. The Balaban J connectivity index is 2.19. The van der Waals surface area contributed by atoms with Crippen molar-refractivity contribution in [3.8, 4) is 0 Å². The molecule has 0 bridgehead atoms. The van der Waals surface area contributed by atoms with E-state index in [0.29, 0.717) is 5.56 Å². The van der Waals surface area contributed by atoms with Crippen LogP contribution in [0.25, 0.3) is 0 Å². The first-order chi connectivity index (χ1) is 8.14. The van der Waals surface area contributed by atoms with Crippen LogP contribution in [-0.4, -0.2) is 11.1 Å². The monoisotopic (exact) mass is 231 g/mol. The largest absolute Gasteiger partial charge is 0.478 e. The van der Waals surface area contributed by atoms with Crippen molar-refractivity contribution < 1.29 is 9.90 Å². The standard InChI is InChI=1S/C14H17NO2/c15-11-5-8-14(6-2-7-14)10-4-1-3-9(12(10)11)13(16)17/h1,3-4,11H,2,5-8,15H2,(H,16,17). The maximum absolute atomic E-state index is 11.3. The van der Waals surface area contributed by atoms with Gasteiger partial charge in [0, 0.05) is 6.04 Å². The molecule has 3 nitrogen and oxygen atoms in total. The summed E-state index contributed by atoms with van der Waals surface area (Å²) in [6.45, 7) is 0. The Morgan fingerprint density at radius 3 is 2.71 bits per heavy atom. The van der Waals surface area contributed by atoms with Crippen LogP contribution in [-0.2, 0) is 5.41 Å². The van der Waals surface area contributed by atoms with Gasteiger partial charge in [0.1, 0.15) is 0 Å². The van der Waals surface area contributed by atoms with Gasteiger partial charge in [-0.3, -0.25) is 0 Å². The van der Waals surface area contributed by atoms with Crippen molar-refractivity contribution in [2.45, 2.75) is 43.6 Å². The fourth-order valence-electron chi connectivity index (χ4n) is 3.45. The van der Waals surface area contributed by atoms with Crippen LogP contribution in [0.15, 0.2) is 18.2 Å². The molecule has 1 atom stereocenters. The Morgan fingerprint density at radius 2 is 2.12 bits per heavy atom. The SMILES string of the molecule is NC1CCC2(CCC2)c2cccc(C(=O)O)c21. The van der Waals surface area contributed by atoms with Gasteiger partial charge in [-0.15, -0.1) is 0 Å². The molecule has 0 heterocycles. The minimum absolute atomic E-state index is 0.108. The zero-order valence-electron chi connectivity index (χ0n) is 9.78. The zero-order valence-corrected chi connectivity index (χ0v) is 9.78. The molecule has 1 spiro atoms. The van der Waals surface area contributed by atoms with Crippen molar-refractivity contribution >= 4 is 5.97 Å². The second kappa shape index (κ2) is 3.57. The van der Waals surface area contributed by atoms with Crippen molar-refractivity contribution in [2.24, 2.45) is 5.73 Å². The molecule has 0 saturated heterocycles. The molecule has 17 heavy (non-hydrogen) atoms. The molecule has 3 N–H and O–H groups in total. The van der Waals surface area contributed by atoms with Gasteiger partial charge >= 0.3 is 5.97 Å². The molecule has 1 fully saturated rings. The van der Waals surface area contributed by atoms with Crippen LogP contribution >= 0.6 is 0 Å². The number of hydrogen-bond donors (Lipinski definition) is 2. The second-order valence-electron chi connectivity index (χ2n) is 5.35. The molecule has 1 aromatic carbocycles. The summed E-state index contributed by atoms with van der Waals surface area (Å²) < 4.78 is 0. The van der Waals surface area contributed by atoms with E-state index in [4.69, 9.17) is 5.73 Å². The maximum Gasteiger partial charge on any atom is 0.336 e. The summed E-state index contributed by atoms with van der Waals surface area (Å²) in [6, 6.07) is 5.52. The molecule has 3 rings (SSSR count). The third-order valence-electron chi connectivity index (χ3n) is 4.52. The average molecular weight is 231 g/mol. The summed E-state index contributed by atoms with van der Waals surface area (Å²) in [5.74, 6) is -0.853. The van der Waals surface area contributed by atoms with E-state index in [-0.39, 0.29) is 11.5 Å². The number of carboxylic acids is 1. The van der Waals surface area contributed by atoms with Gasteiger partial charge in [0.2, 0.25) is 0 Å². The molecule has 0 amide bonds. The van der Waals surface area contributed by atoms with E-state index in [2.05, 4.69) is 6.07 Å². The Labute approximate surface area is 101 Å². The number of aromatic carboxylic acids is 1. The quantitative estimate of drug-likeness (QED) is 0.780. The highest BCUT2D eigenvalue weighted by Gasteiger charge is 2.44. The second-order valence-corrected chi connectivity index (χ2v) is 5.35. The van der Waals surface area contributed by atoms with E-state index in [1.165, 1.54) is 24.8 Å². The normalized spacial score (nSPS) is 25.1. The Morgan fingerprint density at radius 1 is 1.35 bits per heavy atom. The first-order valence-corrected chi connectivity index (χ1v) is 6.26. The lowest BCUT2D eigenvalue weighted by Gasteiger charge is -2.48. The third kappa shape index (κ3) is 1.42. The van der Waals surface area contributed by atoms with Gasteiger partial charge in [-0.1, -0.05) is 18.6 Å². The summed E-state index contributed by atoms with van der Waals surface area (Å²) >= 11 is 0. The first-order valence-electron chi connectivity index (χ1n) is 6.26. The van der Waals surface area contributed by atoms with Crippen molar-refractivity contribution in [1.29, 1.82) is 0 Å². The van der Waals surface area contributed by atoms with E-state index in [1.807, 2.05) is 6.07 Å². The highest BCUT2D eigenvalue weighted by molar-refractivity contribution is 5.90. The van der Waals surface area contributed by atoms with Gasteiger partial charge in [0.05, 0.1) is 5.56 Å². The van der Waals surface area contributed by atoms with Crippen LogP contribution in [0.1, 0.15) is 59.6 Å². The van der Waals surface area contributed by atoms with E-state index < -0.39 is 5.97 Å². The molecule has 0 aliphatic heterocycles. The van der Waals surface area contributed by atoms with Gasteiger partial charge in [-0.25, -0.2) is 4.79 Å². The van der Waals surface area contributed by atoms with Crippen LogP contribution in [0.2, 0.25) is 0 Å². The summed E-state index contributed by atoms with van der Waals surface area (Å²) in [6.07, 6.45) is 5.67. The van der Waals surface area contributed by atoms with Gasteiger partial charge in [0.15, 0.2) is 0 Å². The lowest BCUT2D eigenvalue weighted by Crippen LogP contribution is -2.40. The van der Waals surface area contributed by atoms with Crippen molar-refractivity contribution in [3.63, 3.8) is 0 Å². The van der Waals surface area contributed by atoms with Crippen LogP contribution in [0.5, 0.6) is 0 Å². The zero-order chi connectivity index (χ0) is 12.0. The molecule has 0 radical (unpaired) electrons. The molecule has 2 aliphatic rings. The molecule has 2 aliphatic carbocycles. The fourth-order valence-corrected chi connectivity index (χ4v) is 3.45. The minimum atomic E-state index is -0.853. The third-order valence-corrected chi connectivity index (χ3v) is 4.52. The predicted molar refractivity (Wildman–Crippen MR) is 65.1 cm³/mol. The molecule has 1 saturated carbocycles. The molecular weight excluding hydrogens is 214 g/mol. The highest BCUT2D eigenvalue weighted by Crippen LogP contribution is 2.53. The van der Waals surface area contributed by atoms with Crippen molar-refractivity contribution in [3.05, 3.63) is 34.9 Å². The van der Waals surface area contributed by atoms with Crippen LogP contribution < -0.4 is 5.73 Å². The summed E-state index contributed by atoms with van der Waals surface area (Å²) in [7, 11) is 0. The smallest absolute Gasteiger partial charge is 0.336 e. The van der Waals surface area contributed by atoms with Crippen LogP contribution in [0.3, 0.4) is 0 Å². The van der Waals surface area contributed by atoms with Gasteiger partial charge in [0.25, 0.3) is 0 Å². The lowest BCUT2D eigenvalue weighted by atomic mass is 9.57. The number of benzene rings is 1. The van der Waals surface area contributed by atoms with Crippen LogP contribution in [0, 0.1) is 0 Å². The molecule has 0 aromatic heterocycles. The van der Waals surface area contributed by atoms with Crippen molar-refractivity contribution in [2.75, 3.05) is 0 Å². The molecule has 3 heteroatoms. The number of carboxylic acid groups (broad SMARTS) is 1. The molecule has 1 aromatic rings. The van der Waals surface area contributed by atoms with E-state index in [9.17, 15) is 9.90 Å². The number of rotatable bonds is 1. The molecule has 90 valence electrons. The Bertz CT molecular complexity index is 477. The summed E-state index contributed by atoms with van der Waals surface area (Å²) in [5, 5.41) is 9.26. The van der Waals surface area contributed by atoms with E-state index in [0.717, 1.165) is 18.4 Å². The van der Waals surface area contributed by atoms with E-state index >= 15 is 0 Å². The van der Waals surface area contributed by atoms with Gasteiger partial charge < -0.3 is 10.8 Å². The van der Waals surface area contributed by atoms with Crippen LogP contribution in [0.4, 0.5) is 0 Å². The highest BCUT2D eigenvalue weighted by atomic mass is 16.4. The lowest BCUT2D eigenvalue weighted by molar-refractivity contribution is 0.0693. The van der Waals surface area contributed by atoms with Gasteiger partial charge in [-0.2, -0.15) is 0 Å². The minimum Gasteiger partial charge on any atom is -0.478 e.